The number of fused-ring (bicyclic) bond motifs is 7. The molecule has 0 spiro atoms. The third-order valence-corrected chi connectivity index (χ3v) is 10.3. The summed E-state index contributed by atoms with van der Waals surface area (Å²) in [7, 11) is 2.08. The average Bonchev–Trinajstić information content (AvgIpc) is 3.91. The molecule has 0 fully saturated rings. The Morgan fingerprint density at radius 3 is 1.94 bits per heavy atom. The molecular weight excluding hydrogens is 580 g/mol. The third-order valence-electron chi connectivity index (χ3n) is 10.3. The third kappa shape index (κ3) is 3.19. The van der Waals surface area contributed by atoms with Gasteiger partial charge in [0.15, 0.2) is 11.6 Å². The molecule has 4 aromatic heterocycles. The molecule has 0 bridgehead atoms. The van der Waals surface area contributed by atoms with Crippen LogP contribution in [0.3, 0.4) is 0 Å². The van der Waals surface area contributed by atoms with E-state index in [1.54, 1.807) is 12.4 Å². The fourth-order valence-electron chi connectivity index (χ4n) is 8.55. The second-order valence-electron chi connectivity index (χ2n) is 12.4. The molecule has 47 heavy (non-hydrogen) atoms. The van der Waals surface area contributed by atoms with E-state index in [0.29, 0.717) is 6.67 Å². The lowest BCUT2D eigenvalue weighted by Gasteiger charge is -2.42. The summed E-state index contributed by atoms with van der Waals surface area (Å²) in [5, 5.41) is 7.78. The molecule has 0 radical (unpaired) electrons. The molecule has 2 unspecified atom stereocenters. The van der Waals surface area contributed by atoms with E-state index in [1.165, 1.54) is 33.4 Å². The number of benzene rings is 3. The SMILES string of the molecule is CN1CN(C2(c3ccc(C4(c5ccn[nH]5)c5ccccc5-c5ccncc54)cc3)c3ccccc3-c3ccncc32)c2nccnc21. The lowest BCUT2D eigenvalue weighted by atomic mass is 9.69. The summed E-state index contributed by atoms with van der Waals surface area (Å²) >= 11 is 0. The van der Waals surface area contributed by atoms with Gasteiger partial charge < -0.3 is 9.80 Å². The van der Waals surface area contributed by atoms with Crippen LogP contribution in [0.15, 0.2) is 134 Å². The second-order valence-corrected chi connectivity index (χ2v) is 12.4. The predicted octanol–water partition coefficient (Wildman–Crippen LogP) is 6.54. The van der Waals surface area contributed by atoms with E-state index in [1.807, 2.05) is 31.0 Å². The highest BCUT2D eigenvalue weighted by atomic mass is 15.4. The number of rotatable bonds is 4. The van der Waals surface area contributed by atoms with E-state index in [2.05, 4.69) is 128 Å². The molecule has 3 aliphatic rings. The summed E-state index contributed by atoms with van der Waals surface area (Å²) in [6, 6.07) is 32.9. The summed E-state index contributed by atoms with van der Waals surface area (Å²) < 4.78 is 0. The van der Waals surface area contributed by atoms with Gasteiger partial charge in [-0.3, -0.25) is 15.1 Å². The molecule has 1 N–H and O–H groups in total. The zero-order valence-corrected chi connectivity index (χ0v) is 25.5. The number of H-pyrrole nitrogens is 1. The van der Waals surface area contributed by atoms with E-state index in [4.69, 9.17) is 9.97 Å². The zero-order valence-electron chi connectivity index (χ0n) is 25.5. The van der Waals surface area contributed by atoms with Crippen molar-refractivity contribution in [2.45, 2.75) is 11.0 Å². The summed E-state index contributed by atoms with van der Waals surface area (Å²) in [6.45, 7) is 0.619. The first-order valence-electron chi connectivity index (χ1n) is 15.7. The molecule has 7 aromatic rings. The van der Waals surface area contributed by atoms with Crippen LogP contribution in [0.1, 0.15) is 39.1 Å². The highest BCUT2D eigenvalue weighted by molar-refractivity contribution is 5.88. The number of anilines is 2. The monoisotopic (exact) mass is 608 g/mol. The highest BCUT2D eigenvalue weighted by Crippen LogP contribution is 2.58. The van der Waals surface area contributed by atoms with Gasteiger partial charge in [-0.1, -0.05) is 72.8 Å². The molecule has 0 amide bonds. The van der Waals surface area contributed by atoms with Crippen LogP contribution in [-0.2, 0) is 11.0 Å². The van der Waals surface area contributed by atoms with Crippen LogP contribution < -0.4 is 9.80 Å². The predicted molar refractivity (Wildman–Crippen MR) is 181 cm³/mol. The fourth-order valence-corrected chi connectivity index (χ4v) is 8.55. The topological polar surface area (TPSA) is 86.7 Å². The highest BCUT2D eigenvalue weighted by Gasteiger charge is 2.53. The number of hydrogen-bond donors (Lipinski definition) is 1. The fraction of sp³-hybridized carbons (Fsp3) is 0.103. The van der Waals surface area contributed by atoms with Gasteiger partial charge in [0, 0.05) is 56.0 Å². The maximum absolute atomic E-state index is 4.91. The molecule has 8 heteroatoms. The molecule has 10 rings (SSSR count). The second kappa shape index (κ2) is 9.43. The number of hydrogen-bond acceptors (Lipinski definition) is 7. The average molecular weight is 609 g/mol. The molecule has 1 aliphatic heterocycles. The van der Waals surface area contributed by atoms with Gasteiger partial charge in [0.2, 0.25) is 0 Å². The van der Waals surface area contributed by atoms with Gasteiger partial charge in [-0.05, 0) is 68.3 Å². The molecule has 0 saturated carbocycles. The van der Waals surface area contributed by atoms with Crippen molar-refractivity contribution in [2.24, 2.45) is 0 Å². The quantitative estimate of drug-likeness (QED) is 0.243. The van der Waals surface area contributed by atoms with Crippen LogP contribution in [-0.4, -0.2) is 43.8 Å². The molecule has 0 saturated heterocycles. The van der Waals surface area contributed by atoms with E-state index in [-0.39, 0.29) is 0 Å². The maximum Gasteiger partial charge on any atom is 0.174 e. The van der Waals surface area contributed by atoms with Crippen LogP contribution in [0.5, 0.6) is 0 Å². The molecule has 5 heterocycles. The Balaban J connectivity index is 1.25. The Hall–Kier alpha value is -6.15. The molecular formula is C39H28N8. The number of nitrogens with zero attached hydrogens (tertiary/aromatic N) is 7. The van der Waals surface area contributed by atoms with E-state index < -0.39 is 11.0 Å². The summed E-state index contributed by atoms with van der Waals surface area (Å²) in [6.07, 6.45) is 13.2. The van der Waals surface area contributed by atoms with Crippen molar-refractivity contribution >= 4 is 11.6 Å². The standard InChI is InChI=1S/C39H28N8/c1-46-24-47(37-36(46)42-20-21-43-37)39(32-9-5-3-7-28(32)30-15-18-41-23-34(30)39)26-12-10-25(11-13-26)38(35-16-19-44-45-35)31-8-4-2-6-27(31)29-14-17-40-22-33(29)38/h2-23H,24H2,1H3,(H,44,45). The van der Waals surface area contributed by atoms with Crippen LogP contribution >= 0.6 is 0 Å². The van der Waals surface area contributed by atoms with Crippen molar-refractivity contribution in [3.8, 4) is 22.3 Å². The van der Waals surface area contributed by atoms with Crippen molar-refractivity contribution in [1.29, 1.82) is 0 Å². The van der Waals surface area contributed by atoms with Crippen LogP contribution in [0, 0.1) is 0 Å². The first-order valence-corrected chi connectivity index (χ1v) is 15.7. The van der Waals surface area contributed by atoms with Gasteiger partial charge in [-0.15, -0.1) is 0 Å². The molecule has 2 aliphatic carbocycles. The molecule has 3 aromatic carbocycles. The van der Waals surface area contributed by atoms with E-state index >= 15 is 0 Å². The minimum Gasteiger partial charge on any atom is -0.339 e. The van der Waals surface area contributed by atoms with Gasteiger partial charge in [0.1, 0.15) is 5.54 Å². The smallest absolute Gasteiger partial charge is 0.174 e. The van der Waals surface area contributed by atoms with Gasteiger partial charge in [-0.2, -0.15) is 5.10 Å². The summed E-state index contributed by atoms with van der Waals surface area (Å²) in [4.78, 5) is 23.5. The van der Waals surface area contributed by atoms with Crippen LogP contribution in [0.4, 0.5) is 11.6 Å². The summed E-state index contributed by atoms with van der Waals surface area (Å²) in [5.41, 5.74) is 11.4. The van der Waals surface area contributed by atoms with Crippen molar-refractivity contribution in [3.63, 3.8) is 0 Å². The maximum atomic E-state index is 4.91. The minimum absolute atomic E-state index is 0.610. The van der Waals surface area contributed by atoms with Gasteiger partial charge in [0.05, 0.1) is 17.8 Å². The Kier molecular flexibility index (Phi) is 5.24. The lowest BCUT2D eigenvalue weighted by Crippen LogP contribution is -2.48. The van der Waals surface area contributed by atoms with Crippen LogP contribution in [0.25, 0.3) is 22.3 Å². The number of aromatic nitrogens is 6. The van der Waals surface area contributed by atoms with Crippen molar-refractivity contribution in [3.05, 3.63) is 173 Å². The van der Waals surface area contributed by atoms with E-state index in [9.17, 15) is 0 Å². The first-order chi connectivity index (χ1) is 23.2. The van der Waals surface area contributed by atoms with Crippen molar-refractivity contribution in [2.75, 3.05) is 23.5 Å². The zero-order chi connectivity index (χ0) is 31.2. The largest absolute Gasteiger partial charge is 0.339 e. The van der Waals surface area contributed by atoms with Crippen molar-refractivity contribution in [1.82, 2.24) is 30.1 Å². The number of aromatic amines is 1. The Labute approximate surface area is 271 Å². The molecule has 224 valence electrons. The Morgan fingerprint density at radius 2 is 1.19 bits per heavy atom. The first kappa shape index (κ1) is 26.1. The molecule has 2 atom stereocenters. The Morgan fingerprint density at radius 1 is 0.574 bits per heavy atom. The number of pyridine rings is 2. The van der Waals surface area contributed by atoms with E-state index in [0.717, 1.165) is 39.6 Å². The lowest BCUT2D eigenvalue weighted by molar-refractivity contribution is 0.577. The van der Waals surface area contributed by atoms with Crippen LogP contribution in [0.2, 0.25) is 0 Å². The normalized spacial score (nSPS) is 20.0. The number of nitrogens with one attached hydrogen (secondary N) is 1. The van der Waals surface area contributed by atoms with Crippen molar-refractivity contribution < 1.29 is 0 Å². The van der Waals surface area contributed by atoms with Gasteiger partial charge in [0.25, 0.3) is 0 Å². The van der Waals surface area contributed by atoms with Gasteiger partial charge >= 0.3 is 0 Å². The van der Waals surface area contributed by atoms with Gasteiger partial charge in [-0.25, -0.2) is 9.97 Å². The minimum atomic E-state index is -0.692. The molecule has 8 nitrogen and oxygen atoms in total. The Bertz CT molecular complexity index is 2240. The summed E-state index contributed by atoms with van der Waals surface area (Å²) in [5.74, 6) is 1.72.